The summed E-state index contributed by atoms with van der Waals surface area (Å²) in [6, 6.07) is 4.41. The predicted octanol–water partition coefficient (Wildman–Crippen LogP) is 1.45. The third-order valence-electron chi connectivity index (χ3n) is 5.35. The molecule has 25 heavy (non-hydrogen) atoms. The molecule has 0 saturated carbocycles. The Morgan fingerprint density at radius 1 is 1.40 bits per heavy atom. The first kappa shape index (κ1) is 17.1. The lowest BCUT2D eigenvalue weighted by Gasteiger charge is -2.43. The minimum Gasteiger partial charge on any atom is -0.480 e. The number of amides is 1. The van der Waals surface area contributed by atoms with Gasteiger partial charge in [0.25, 0.3) is 5.91 Å². The number of hydrogen-bond acceptors (Lipinski definition) is 5. The van der Waals surface area contributed by atoms with Crippen LogP contribution in [0.1, 0.15) is 12.0 Å². The molecule has 0 bridgehead atoms. The van der Waals surface area contributed by atoms with Crippen LogP contribution in [0.3, 0.4) is 0 Å². The number of fused-ring (bicyclic) bond motifs is 1. The number of ether oxygens (including phenoxy) is 2. The van der Waals surface area contributed by atoms with Crippen LogP contribution in [-0.4, -0.2) is 66.8 Å². The molecular formula is C18H23FN2O3S. The standard InChI is InChI=1S/C18H23FN2O3S/c19-14-1-2-15-13(9-14)10-16(24-15)17(22)20-11-18(3-8-25-12-18)21-4-6-23-7-5-21/h1-2,9,16H,3-8,10-12H2,(H,20,22). The number of rotatable bonds is 4. The topological polar surface area (TPSA) is 50.8 Å². The molecule has 2 unspecified atom stereocenters. The van der Waals surface area contributed by atoms with Crippen LogP contribution in [0.15, 0.2) is 18.2 Å². The van der Waals surface area contributed by atoms with E-state index in [9.17, 15) is 9.18 Å². The molecule has 1 aromatic rings. The monoisotopic (exact) mass is 366 g/mol. The number of benzene rings is 1. The molecule has 0 radical (unpaired) electrons. The van der Waals surface area contributed by atoms with Gasteiger partial charge in [-0.05, 0) is 30.4 Å². The summed E-state index contributed by atoms with van der Waals surface area (Å²) < 4.78 is 24.5. The highest BCUT2D eigenvalue weighted by Gasteiger charge is 2.41. The van der Waals surface area contributed by atoms with E-state index >= 15 is 0 Å². The summed E-state index contributed by atoms with van der Waals surface area (Å²) in [7, 11) is 0. The molecule has 1 N–H and O–H groups in total. The van der Waals surface area contributed by atoms with Gasteiger partial charge in [0.1, 0.15) is 11.6 Å². The van der Waals surface area contributed by atoms with E-state index in [1.807, 2.05) is 11.8 Å². The molecule has 2 atom stereocenters. The molecule has 4 rings (SSSR count). The first-order chi connectivity index (χ1) is 12.2. The first-order valence-electron chi connectivity index (χ1n) is 8.80. The van der Waals surface area contributed by atoms with Crippen LogP contribution in [-0.2, 0) is 16.0 Å². The minimum atomic E-state index is -0.562. The van der Waals surface area contributed by atoms with Crippen molar-refractivity contribution in [1.82, 2.24) is 10.2 Å². The fraction of sp³-hybridized carbons (Fsp3) is 0.611. The molecule has 1 aromatic carbocycles. The van der Waals surface area contributed by atoms with Gasteiger partial charge in [-0.15, -0.1) is 0 Å². The minimum absolute atomic E-state index is 0.0155. The van der Waals surface area contributed by atoms with Gasteiger partial charge in [0.15, 0.2) is 6.10 Å². The van der Waals surface area contributed by atoms with Crippen molar-refractivity contribution in [3.8, 4) is 5.75 Å². The number of nitrogens with zero attached hydrogens (tertiary/aromatic N) is 1. The highest BCUT2D eigenvalue weighted by molar-refractivity contribution is 7.99. The van der Waals surface area contributed by atoms with Crippen LogP contribution in [0.4, 0.5) is 4.39 Å². The van der Waals surface area contributed by atoms with E-state index in [0.717, 1.165) is 49.8 Å². The number of nitrogens with one attached hydrogen (secondary N) is 1. The van der Waals surface area contributed by atoms with Crippen LogP contribution in [0.25, 0.3) is 0 Å². The van der Waals surface area contributed by atoms with Crippen molar-refractivity contribution in [3.05, 3.63) is 29.6 Å². The zero-order valence-electron chi connectivity index (χ0n) is 14.1. The van der Waals surface area contributed by atoms with E-state index in [1.54, 1.807) is 6.07 Å². The normalized spacial score (nSPS) is 29.2. The predicted molar refractivity (Wildman–Crippen MR) is 94.6 cm³/mol. The van der Waals surface area contributed by atoms with Crippen molar-refractivity contribution in [3.63, 3.8) is 0 Å². The molecule has 136 valence electrons. The summed E-state index contributed by atoms with van der Waals surface area (Å²) in [5, 5.41) is 3.10. The van der Waals surface area contributed by atoms with E-state index in [-0.39, 0.29) is 17.3 Å². The number of carbonyl (C=O) groups is 1. The Morgan fingerprint density at radius 3 is 3.00 bits per heavy atom. The van der Waals surface area contributed by atoms with Crippen molar-refractivity contribution < 1.29 is 18.7 Å². The second-order valence-corrected chi connectivity index (χ2v) is 8.01. The van der Waals surface area contributed by atoms with E-state index < -0.39 is 6.10 Å². The Labute approximate surface area is 151 Å². The summed E-state index contributed by atoms with van der Waals surface area (Å²) in [6.07, 6.45) is 0.945. The molecule has 5 nitrogen and oxygen atoms in total. The van der Waals surface area contributed by atoms with Gasteiger partial charge >= 0.3 is 0 Å². The van der Waals surface area contributed by atoms with Crippen LogP contribution < -0.4 is 10.1 Å². The fourth-order valence-electron chi connectivity index (χ4n) is 3.86. The Bertz CT molecular complexity index is 645. The Hall–Kier alpha value is -1.31. The maximum atomic E-state index is 13.3. The zero-order valence-corrected chi connectivity index (χ0v) is 14.9. The molecule has 3 heterocycles. The quantitative estimate of drug-likeness (QED) is 0.874. The average Bonchev–Trinajstić information content (AvgIpc) is 3.28. The molecule has 0 spiro atoms. The largest absolute Gasteiger partial charge is 0.480 e. The molecule has 0 aliphatic carbocycles. The second-order valence-electron chi connectivity index (χ2n) is 6.91. The maximum absolute atomic E-state index is 13.3. The lowest BCUT2D eigenvalue weighted by atomic mass is 9.95. The van der Waals surface area contributed by atoms with Crippen molar-refractivity contribution in [2.24, 2.45) is 0 Å². The van der Waals surface area contributed by atoms with E-state index in [1.165, 1.54) is 12.1 Å². The van der Waals surface area contributed by atoms with Crippen LogP contribution >= 0.6 is 11.8 Å². The molecule has 3 aliphatic heterocycles. The lowest BCUT2D eigenvalue weighted by Crippen LogP contribution is -2.60. The average molecular weight is 366 g/mol. The van der Waals surface area contributed by atoms with Crippen LogP contribution in [0, 0.1) is 5.82 Å². The van der Waals surface area contributed by atoms with Crippen molar-refractivity contribution >= 4 is 17.7 Å². The van der Waals surface area contributed by atoms with Gasteiger partial charge < -0.3 is 14.8 Å². The van der Waals surface area contributed by atoms with Crippen molar-refractivity contribution in [2.45, 2.75) is 24.5 Å². The van der Waals surface area contributed by atoms with E-state index in [4.69, 9.17) is 9.47 Å². The Morgan fingerprint density at radius 2 is 2.24 bits per heavy atom. The molecule has 7 heteroatoms. The van der Waals surface area contributed by atoms with Gasteiger partial charge in [0, 0.05) is 42.9 Å². The SMILES string of the molecule is O=C(NCC1(N2CCOCC2)CCSC1)C1Cc2cc(F)ccc2O1. The number of thioether (sulfide) groups is 1. The molecule has 2 fully saturated rings. The van der Waals surface area contributed by atoms with Gasteiger partial charge in [0.05, 0.1) is 13.2 Å². The molecule has 1 amide bonds. The summed E-state index contributed by atoms with van der Waals surface area (Å²) in [4.78, 5) is 15.1. The van der Waals surface area contributed by atoms with Crippen LogP contribution in [0.5, 0.6) is 5.75 Å². The molecule has 2 saturated heterocycles. The van der Waals surface area contributed by atoms with Gasteiger partial charge in [-0.25, -0.2) is 4.39 Å². The summed E-state index contributed by atoms with van der Waals surface area (Å²) in [5.41, 5.74) is 0.779. The number of halogens is 1. The molecular weight excluding hydrogens is 343 g/mol. The lowest BCUT2D eigenvalue weighted by molar-refractivity contribution is -0.128. The second kappa shape index (κ2) is 7.13. The summed E-state index contributed by atoms with van der Waals surface area (Å²) in [6.45, 7) is 3.98. The number of carbonyl (C=O) groups excluding carboxylic acids is 1. The Balaban J connectivity index is 1.38. The highest BCUT2D eigenvalue weighted by atomic mass is 32.2. The van der Waals surface area contributed by atoms with Crippen molar-refractivity contribution in [2.75, 3.05) is 44.4 Å². The van der Waals surface area contributed by atoms with Gasteiger partial charge in [-0.1, -0.05) is 0 Å². The Kier molecular flexibility index (Phi) is 4.88. The smallest absolute Gasteiger partial charge is 0.261 e. The zero-order chi connectivity index (χ0) is 17.3. The third-order valence-corrected chi connectivity index (χ3v) is 6.58. The van der Waals surface area contributed by atoms with E-state index in [0.29, 0.717) is 18.7 Å². The van der Waals surface area contributed by atoms with Crippen LogP contribution in [0.2, 0.25) is 0 Å². The fourth-order valence-corrected chi connectivity index (χ4v) is 5.34. The van der Waals surface area contributed by atoms with Gasteiger partial charge in [0.2, 0.25) is 0 Å². The van der Waals surface area contributed by atoms with Crippen molar-refractivity contribution in [1.29, 1.82) is 0 Å². The van der Waals surface area contributed by atoms with Gasteiger partial charge in [-0.2, -0.15) is 11.8 Å². The molecule has 0 aromatic heterocycles. The molecule has 3 aliphatic rings. The first-order valence-corrected chi connectivity index (χ1v) is 9.95. The highest BCUT2D eigenvalue weighted by Crippen LogP contribution is 2.34. The van der Waals surface area contributed by atoms with E-state index in [2.05, 4.69) is 10.2 Å². The summed E-state index contributed by atoms with van der Waals surface area (Å²) >= 11 is 1.94. The van der Waals surface area contributed by atoms with Gasteiger partial charge in [-0.3, -0.25) is 9.69 Å². The number of hydrogen-bond donors (Lipinski definition) is 1. The maximum Gasteiger partial charge on any atom is 0.261 e. The summed E-state index contributed by atoms with van der Waals surface area (Å²) in [5.74, 6) is 2.36. The number of morpholine rings is 1. The third kappa shape index (κ3) is 3.50.